The summed E-state index contributed by atoms with van der Waals surface area (Å²) in [5.41, 5.74) is 0. The molecule has 0 spiro atoms. The molecule has 2 heterocycles. The highest BCUT2D eigenvalue weighted by Gasteiger charge is 2.25. The molecule has 1 aromatic heterocycles. The Morgan fingerprint density at radius 2 is 2.08 bits per heavy atom. The van der Waals surface area contributed by atoms with Crippen molar-refractivity contribution in [1.82, 2.24) is 19.8 Å². The molecule has 1 aliphatic rings. The molecule has 148 valence electrons. The summed E-state index contributed by atoms with van der Waals surface area (Å²) in [6, 6.07) is 0. The molecule has 1 N–H and O–H groups in total. The van der Waals surface area contributed by atoms with E-state index >= 15 is 0 Å². The molecular formula is C17H30N4O4S. The van der Waals surface area contributed by atoms with Gasteiger partial charge in [-0.25, -0.2) is 12.7 Å². The SMILES string of the molecule is CCCS(=O)(=O)N1CCCC(c2nc(C(C)C)no2)CCNC(=O)CC1. The Kier molecular flexibility index (Phi) is 7.57. The highest BCUT2D eigenvalue weighted by atomic mass is 32.2. The molecule has 0 aromatic carbocycles. The maximum atomic E-state index is 12.4. The first-order valence-electron chi connectivity index (χ1n) is 9.41. The Labute approximate surface area is 155 Å². The summed E-state index contributed by atoms with van der Waals surface area (Å²) in [6.45, 7) is 7.01. The number of rotatable bonds is 5. The Morgan fingerprint density at radius 1 is 1.31 bits per heavy atom. The molecule has 1 saturated heterocycles. The van der Waals surface area contributed by atoms with Gasteiger partial charge in [-0.15, -0.1) is 0 Å². The maximum absolute atomic E-state index is 12.4. The van der Waals surface area contributed by atoms with Gasteiger partial charge in [0.05, 0.1) is 5.75 Å². The first-order chi connectivity index (χ1) is 12.3. The van der Waals surface area contributed by atoms with E-state index in [9.17, 15) is 13.2 Å². The van der Waals surface area contributed by atoms with Crippen molar-refractivity contribution in [2.75, 3.05) is 25.4 Å². The van der Waals surface area contributed by atoms with Crippen LogP contribution in [0.15, 0.2) is 4.52 Å². The van der Waals surface area contributed by atoms with Crippen molar-refractivity contribution < 1.29 is 17.7 Å². The van der Waals surface area contributed by atoms with Gasteiger partial charge < -0.3 is 9.84 Å². The fraction of sp³-hybridized carbons (Fsp3) is 0.824. The molecule has 1 aromatic rings. The number of amides is 1. The summed E-state index contributed by atoms with van der Waals surface area (Å²) < 4.78 is 31.7. The van der Waals surface area contributed by atoms with Gasteiger partial charge in [0.1, 0.15) is 0 Å². The van der Waals surface area contributed by atoms with Gasteiger partial charge in [0, 0.05) is 37.9 Å². The summed E-state index contributed by atoms with van der Waals surface area (Å²) in [5.74, 6) is 1.43. The number of carbonyl (C=O) groups is 1. The highest BCUT2D eigenvalue weighted by Crippen LogP contribution is 2.25. The predicted molar refractivity (Wildman–Crippen MR) is 98.3 cm³/mol. The second-order valence-corrected chi connectivity index (χ2v) is 9.18. The van der Waals surface area contributed by atoms with Crippen LogP contribution in [0, 0.1) is 0 Å². The van der Waals surface area contributed by atoms with Crippen molar-refractivity contribution in [2.45, 2.75) is 64.7 Å². The lowest BCUT2D eigenvalue weighted by atomic mass is 9.99. The number of sulfonamides is 1. The van der Waals surface area contributed by atoms with Gasteiger partial charge in [-0.3, -0.25) is 4.79 Å². The molecule has 1 unspecified atom stereocenters. The molecule has 2 rings (SSSR count). The highest BCUT2D eigenvalue weighted by molar-refractivity contribution is 7.89. The van der Waals surface area contributed by atoms with E-state index in [0.717, 1.165) is 6.42 Å². The Balaban J connectivity index is 2.11. The third kappa shape index (κ3) is 5.77. The zero-order chi connectivity index (χ0) is 19.2. The van der Waals surface area contributed by atoms with E-state index < -0.39 is 10.0 Å². The fourth-order valence-electron chi connectivity index (χ4n) is 3.03. The third-order valence-corrected chi connectivity index (χ3v) is 6.62. The number of nitrogens with zero attached hydrogens (tertiary/aromatic N) is 3. The molecule has 26 heavy (non-hydrogen) atoms. The normalized spacial score (nSPS) is 21.4. The van der Waals surface area contributed by atoms with Crippen molar-refractivity contribution >= 4 is 15.9 Å². The smallest absolute Gasteiger partial charge is 0.229 e. The van der Waals surface area contributed by atoms with Crippen molar-refractivity contribution in [3.8, 4) is 0 Å². The van der Waals surface area contributed by atoms with Crippen molar-refractivity contribution in [3.63, 3.8) is 0 Å². The number of nitrogens with one attached hydrogen (secondary N) is 1. The van der Waals surface area contributed by atoms with Crippen molar-refractivity contribution in [2.24, 2.45) is 0 Å². The molecule has 0 saturated carbocycles. The maximum Gasteiger partial charge on any atom is 0.229 e. The first kappa shape index (κ1) is 20.8. The second kappa shape index (κ2) is 9.45. The van der Waals surface area contributed by atoms with E-state index in [-0.39, 0.29) is 36.5 Å². The molecule has 1 amide bonds. The largest absolute Gasteiger partial charge is 0.356 e. The summed E-state index contributed by atoms with van der Waals surface area (Å²) in [7, 11) is -3.32. The molecule has 9 heteroatoms. The molecule has 0 radical (unpaired) electrons. The van der Waals surface area contributed by atoms with Crippen LogP contribution in [0.3, 0.4) is 0 Å². The van der Waals surface area contributed by atoms with Gasteiger partial charge >= 0.3 is 0 Å². The molecule has 1 aliphatic heterocycles. The zero-order valence-corrected chi connectivity index (χ0v) is 16.7. The van der Waals surface area contributed by atoms with Crippen LogP contribution in [0.25, 0.3) is 0 Å². The molecule has 1 atom stereocenters. The Bertz CT molecular complexity index is 687. The van der Waals surface area contributed by atoms with E-state index in [2.05, 4.69) is 15.5 Å². The number of carbonyl (C=O) groups excluding carboxylic acids is 1. The average molecular weight is 387 g/mol. The lowest BCUT2D eigenvalue weighted by Gasteiger charge is -2.21. The van der Waals surface area contributed by atoms with Crippen molar-refractivity contribution in [1.29, 1.82) is 0 Å². The van der Waals surface area contributed by atoms with Crippen LogP contribution in [-0.4, -0.2) is 54.2 Å². The molecular weight excluding hydrogens is 356 g/mol. The quantitative estimate of drug-likeness (QED) is 0.830. The lowest BCUT2D eigenvalue weighted by Crippen LogP contribution is -2.37. The fourth-order valence-corrected chi connectivity index (χ4v) is 4.58. The van der Waals surface area contributed by atoms with Gasteiger partial charge in [-0.2, -0.15) is 4.98 Å². The molecule has 0 aliphatic carbocycles. The number of hydrogen-bond acceptors (Lipinski definition) is 6. The van der Waals surface area contributed by atoms with E-state index in [4.69, 9.17) is 4.52 Å². The minimum absolute atomic E-state index is 0.0177. The van der Waals surface area contributed by atoms with Crippen LogP contribution in [0.5, 0.6) is 0 Å². The summed E-state index contributed by atoms with van der Waals surface area (Å²) in [6.07, 6.45) is 2.89. The lowest BCUT2D eigenvalue weighted by molar-refractivity contribution is -0.121. The van der Waals surface area contributed by atoms with Crippen LogP contribution >= 0.6 is 0 Å². The summed E-state index contributed by atoms with van der Waals surface area (Å²) in [5, 5.41) is 6.88. The molecule has 1 fully saturated rings. The van der Waals surface area contributed by atoms with Crippen LogP contribution in [0.2, 0.25) is 0 Å². The van der Waals surface area contributed by atoms with E-state index in [0.29, 0.717) is 44.1 Å². The molecule has 8 nitrogen and oxygen atoms in total. The predicted octanol–water partition coefficient (Wildman–Crippen LogP) is 2.01. The Hall–Kier alpha value is -1.48. The second-order valence-electron chi connectivity index (χ2n) is 7.09. The minimum Gasteiger partial charge on any atom is -0.356 e. The van der Waals surface area contributed by atoms with Gasteiger partial charge in [0.25, 0.3) is 0 Å². The average Bonchev–Trinajstić information content (AvgIpc) is 3.04. The topological polar surface area (TPSA) is 105 Å². The monoisotopic (exact) mass is 386 g/mol. The molecule has 0 bridgehead atoms. The van der Waals surface area contributed by atoms with Gasteiger partial charge in [-0.1, -0.05) is 25.9 Å². The van der Waals surface area contributed by atoms with Gasteiger partial charge in [-0.05, 0) is 25.7 Å². The van der Waals surface area contributed by atoms with Crippen molar-refractivity contribution in [3.05, 3.63) is 11.7 Å². The summed E-state index contributed by atoms with van der Waals surface area (Å²) >= 11 is 0. The zero-order valence-electron chi connectivity index (χ0n) is 15.9. The Morgan fingerprint density at radius 3 is 2.73 bits per heavy atom. The number of aromatic nitrogens is 2. The van der Waals surface area contributed by atoms with Crippen LogP contribution < -0.4 is 5.32 Å². The third-order valence-electron chi connectivity index (χ3n) is 4.54. The van der Waals surface area contributed by atoms with Gasteiger partial charge in [0.2, 0.25) is 21.8 Å². The van der Waals surface area contributed by atoms with Gasteiger partial charge in [0.15, 0.2) is 5.82 Å². The van der Waals surface area contributed by atoms with Crippen LogP contribution in [0.4, 0.5) is 0 Å². The number of hydrogen-bond donors (Lipinski definition) is 1. The van der Waals surface area contributed by atoms with E-state index in [1.807, 2.05) is 20.8 Å². The van der Waals surface area contributed by atoms with Crippen LogP contribution in [0.1, 0.15) is 76.4 Å². The van der Waals surface area contributed by atoms with Crippen LogP contribution in [-0.2, 0) is 14.8 Å². The standard InChI is InChI=1S/C17H30N4O4S/c1-4-12-26(23,24)21-10-5-6-14(7-9-18-15(22)8-11-21)17-19-16(13(2)3)20-25-17/h13-14H,4-12H2,1-3H3,(H,18,22). The van der Waals surface area contributed by atoms with E-state index in [1.54, 1.807) is 0 Å². The van der Waals surface area contributed by atoms with E-state index in [1.165, 1.54) is 4.31 Å². The first-order valence-corrected chi connectivity index (χ1v) is 11.0. The summed E-state index contributed by atoms with van der Waals surface area (Å²) in [4.78, 5) is 16.5. The minimum atomic E-state index is -3.32.